The molecular formula is C18H18N2O5S2. The minimum absolute atomic E-state index is 0.0166. The summed E-state index contributed by atoms with van der Waals surface area (Å²) < 4.78 is 6.17. The maximum absolute atomic E-state index is 12.7. The van der Waals surface area contributed by atoms with Gasteiger partial charge in [-0.15, -0.1) is 11.8 Å². The normalized spacial score (nSPS) is 18.3. The first-order valence-corrected chi connectivity index (χ1v) is 10.2. The quantitative estimate of drug-likeness (QED) is 0.233. The van der Waals surface area contributed by atoms with Crippen molar-refractivity contribution in [3.05, 3.63) is 61.0 Å². The summed E-state index contributed by atoms with van der Waals surface area (Å²) in [4.78, 5) is 36.8. The Kier molecular flexibility index (Phi) is 5.61. The van der Waals surface area contributed by atoms with E-state index in [1.807, 2.05) is 20.8 Å². The fourth-order valence-electron chi connectivity index (χ4n) is 2.80. The van der Waals surface area contributed by atoms with Gasteiger partial charge >= 0.3 is 5.97 Å². The van der Waals surface area contributed by atoms with E-state index in [2.05, 4.69) is 0 Å². The Balaban J connectivity index is 1.74. The van der Waals surface area contributed by atoms with Crippen LogP contribution in [0, 0.1) is 10.1 Å². The molecule has 1 aromatic rings. The van der Waals surface area contributed by atoms with Gasteiger partial charge < -0.3 is 4.74 Å². The molecule has 1 unspecified atom stereocenters. The Morgan fingerprint density at radius 3 is 2.56 bits per heavy atom. The van der Waals surface area contributed by atoms with Crippen LogP contribution in [-0.4, -0.2) is 32.8 Å². The number of esters is 1. The van der Waals surface area contributed by atoms with Crippen LogP contribution in [0.15, 0.2) is 45.3 Å². The molecule has 9 heteroatoms. The molecule has 0 spiro atoms. The number of nitrogens with zero attached hydrogens (tertiary/aromatic N) is 2. The van der Waals surface area contributed by atoms with E-state index in [1.54, 1.807) is 12.1 Å². The minimum Gasteiger partial charge on any atom is -0.456 e. The third-order valence-corrected chi connectivity index (χ3v) is 6.57. The van der Waals surface area contributed by atoms with Gasteiger partial charge in [0.2, 0.25) is 0 Å². The molecule has 1 aromatic carbocycles. The molecule has 1 amide bonds. The number of hydrogen-bond donors (Lipinski definition) is 0. The van der Waals surface area contributed by atoms with Gasteiger partial charge in [-0.25, -0.2) is 4.79 Å². The maximum atomic E-state index is 12.7. The first kappa shape index (κ1) is 19.5. The molecule has 27 heavy (non-hydrogen) atoms. The van der Waals surface area contributed by atoms with Crippen LogP contribution in [0.4, 0.5) is 5.69 Å². The molecule has 3 rings (SSSR count). The van der Waals surface area contributed by atoms with E-state index < -0.39 is 10.9 Å². The minimum atomic E-state index is -0.555. The van der Waals surface area contributed by atoms with Crippen molar-refractivity contribution in [3.8, 4) is 0 Å². The van der Waals surface area contributed by atoms with Gasteiger partial charge in [-0.2, -0.15) is 0 Å². The van der Waals surface area contributed by atoms with Crippen LogP contribution >= 0.6 is 23.5 Å². The highest BCUT2D eigenvalue weighted by Crippen LogP contribution is 2.53. The average Bonchev–Trinajstić information content (AvgIpc) is 2.94. The van der Waals surface area contributed by atoms with Crippen molar-refractivity contribution in [2.45, 2.75) is 32.8 Å². The lowest BCUT2D eigenvalue weighted by molar-refractivity contribution is -0.384. The molecule has 0 bridgehead atoms. The number of benzene rings is 1. The van der Waals surface area contributed by atoms with Crippen LogP contribution in [0.5, 0.6) is 0 Å². The molecule has 0 aromatic heterocycles. The van der Waals surface area contributed by atoms with Crippen LogP contribution in [0.25, 0.3) is 0 Å². The van der Waals surface area contributed by atoms with E-state index in [0.717, 1.165) is 21.1 Å². The summed E-state index contributed by atoms with van der Waals surface area (Å²) in [5.74, 6) is 0.0716. The van der Waals surface area contributed by atoms with E-state index in [-0.39, 0.29) is 23.6 Å². The Morgan fingerprint density at radius 1 is 1.33 bits per heavy atom. The predicted octanol–water partition coefficient (Wildman–Crippen LogP) is 3.81. The number of non-ortho nitro benzene ring substituents is 1. The van der Waals surface area contributed by atoms with Gasteiger partial charge in [0.05, 0.1) is 9.16 Å². The number of rotatable bonds is 6. The fourth-order valence-corrected chi connectivity index (χ4v) is 5.53. The number of carbonyl (C=O) groups excluding carboxylic acids is 2. The summed E-state index contributed by atoms with van der Waals surface area (Å²) >= 11 is 3.02. The van der Waals surface area contributed by atoms with Gasteiger partial charge in [0.25, 0.3) is 11.6 Å². The first-order chi connectivity index (χ1) is 12.8. The number of β-lactam (4-membered cyclic amide) rings is 1. The number of fused-ring (bicyclic) bond motifs is 1. The van der Waals surface area contributed by atoms with Crippen LogP contribution < -0.4 is 0 Å². The second-order valence-corrected chi connectivity index (χ2v) is 8.75. The molecular weight excluding hydrogens is 388 g/mol. The summed E-state index contributed by atoms with van der Waals surface area (Å²) in [6, 6.07) is 5.82. The molecule has 2 heterocycles. The zero-order valence-electron chi connectivity index (χ0n) is 15.1. The van der Waals surface area contributed by atoms with Gasteiger partial charge in [-0.3, -0.25) is 19.8 Å². The van der Waals surface area contributed by atoms with Gasteiger partial charge in [-0.1, -0.05) is 24.3 Å². The number of thioether (sulfide) groups is 2. The summed E-state index contributed by atoms with van der Waals surface area (Å²) in [6.45, 7) is 5.75. The highest BCUT2D eigenvalue weighted by atomic mass is 32.2. The van der Waals surface area contributed by atoms with Gasteiger partial charge in [0.1, 0.15) is 12.0 Å². The molecule has 1 fully saturated rings. The van der Waals surface area contributed by atoms with E-state index >= 15 is 0 Å². The Labute approximate surface area is 165 Å². The van der Waals surface area contributed by atoms with E-state index in [4.69, 9.17) is 4.74 Å². The molecule has 0 radical (unpaired) electrons. The maximum Gasteiger partial charge on any atom is 0.357 e. The largest absolute Gasteiger partial charge is 0.456 e. The van der Waals surface area contributed by atoms with Gasteiger partial charge in [-0.05, 0) is 37.3 Å². The number of nitro benzene ring substituents is 1. The molecule has 0 saturated carbocycles. The second-order valence-electron chi connectivity index (χ2n) is 6.13. The number of ether oxygens (including phenoxy) is 1. The zero-order valence-corrected chi connectivity index (χ0v) is 16.7. The molecule has 1 atom stereocenters. The van der Waals surface area contributed by atoms with Gasteiger partial charge in [0, 0.05) is 17.7 Å². The van der Waals surface area contributed by atoms with Crippen LogP contribution in [0.3, 0.4) is 0 Å². The van der Waals surface area contributed by atoms with E-state index in [9.17, 15) is 19.7 Å². The van der Waals surface area contributed by atoms with Crippen LogP contribution in [-0.2, 0) is 20.9 Å². The lowest BCUT2D eigenvalue weighted by Crippen LogP contribution is -2.51. The van der Waals surface area contributed by atoms with Crippen molar-refractivity contribution in [2.75, 3.05) is 5.75 Å². The molecule has 142 valence electrons. The highest BCUT2D eigenvalue weighted by Gasteiger charge is 2.53. The van der Waals surface area contributed by atoms with Crippen molar-refractivity contribution in [1.29, 1.82) is 0 Å². The van der Waals surface area contributed by atoms with E-state index in [0.29, 0.717) is 11.3 Å². The van der Waals surface area contributed by atoms with Crippen LogP contribution in [0.1, 0.15) is 26.3 Å². The number of amides is 1. The lowest BCUT2D eigenvalue weighted by atomic mass is 10.0. The fraction of sp³-hybridized carbons (Fsp3) is 0.333. The van der Waals surface area contributed by atoms with Crippen LogP contribution in [0.2, 0.25) is 0 Å². The Hall–Kier alpha value is -2.26. The third-order valence-electron chi connectivity index (χ3n) is 4.11. The predicted molar refractivity (Wildman–Crippen MR) is 105 cm³/mol. The molecule has 7 nitrogen and oxygen atoms in total. The summed E-state index contributed by atoms with van der Waals surface area (Å²) in [7, 11) is 0. The Morgan fingerprint density at radius 2 is 2.00 bits per heavy atom. The monoisotopic (exact) mass is 406 g/mol. The number of nitro groups is 1. The number of carbonyl (C=O) groups is 2. The van der Waals surface area contributed by atoms with Crippen molar-refractivity contribution in [2.24, 2.45) is 0 Å². The lowest BCUT2D eigenvalue weighted by Gasteiger charge is -2.38. The average molecular weight is 406 g/mol. The zero-order chi connectivity index (χ0) is 19.7. The van der Waals surface area contributed by atoms with E-state index in [1.165, 1.54) is 40.6 Å². The molecule has 2 aliphatic heterocycles. The molecule has 0 aliphatic carbocycles. The Bertz CT molecular complexity index is 872. The van der Waals surface area contributed by atoms with Crippen molar-refractivity contribution in [1.82, 2.24) is 4.90 Å². The highest BCUT2D eigenvalue weighted by molar-refractivity contribution is 8.22. The standard InChI is InChI=1S/C18H18N2O5S2/c1-4-26-18-14(19-15(21)13(10(2)3)16(19)27-18)17(22)25-9-11-5-7-12(8-6-11)20(23)24/h5-8,16H,4,9H2,1-3H3. The smallest absolute Gasteiger partial charge is 0.357 e. The summed E-state index contributed by atoms with van der Waals surface area (Å²) in [5, 5.41) is 10.5. The molecule has 0 N–H and O–H groups in total. The second kappa shape index (κ2) is 7.77. The molecule has 2 aliphatic rings. The SMILES string of the molecule is CCSC1=C(C(=O)OCc2ccc([N+](=O)[O-])cc2)N2C(=O)C(=C(C)C)C2S1. The number of hydrogen-bond acceptors (Lipinski definition) is 7. The first-order valence-electron chi connectivity index (χ1n) is 8.30. The summed E-state index contributed by atoms with van der Waals surface area (Å²) in [6.07, 6.45) is 0. The van der Waals surface area contributed by atoms with Crippen molar-refractivity contribution >= 4 is 41.1 Å². The summed E-state index contributed by atoms with van der Waals surface area (Å²) in [5.41, 5.74) is 2.61. The van der Waals surface area contributed by atoms with Gasteiger partial charge in [0.15, 0.2) is 5.70 Å². The van der Waals surface area contributed by atoms with Crippen molar-refractivity contribution in [3.63, 3.8) is 0 Å². The topological polar surface area (TPSA) is 89.8 Å². The number of allylic oxidation sites excluding steroid dienone is 1. The van der Waals surface area contributed by atoms with Crippen molar-refractivity contribution < 1.29 is 19.2 Å². The third kappa shape index (κ3) is 3.61. The molecule has 1 saturated heterocycles.